The predicted octanol–water partition coefficient (Wildman–Crippen LogP) is 17.9. The summed E-state index contributed by atoms with van der Waals surface area (Å²) in [5, 5.41) is 0. The minimum absolute atomic E-state index is 0.121. The standard InChI is InChI=1S/C61H96O6/c1-4-7-10-13-16-19-22-25-27-28-29-30-31-32-34-36-39-42-45-48-51-54-60(63)66-57-58(56-65-59(62)53-50-47-44-41-38-35-24-21-18-15-12-9-6-3)67-61(64)55-52-49-46-43-40-37-33-26-23-20-17-14-11-8-5-2/h7,9-10,12,16-21,25-27,29-30,32-35,38,44,47,58H,4-6,8,11,13-15,22-24,28,31,36-37,39-43,45-46,48-57H2,1-3H3/b10-7-,12-9-,19-16-,20-17-,21-18-,27-25-,30-29-,33-26-,34-32-,38-35-,47-44-. The molecule has 0 aliphatic carbocycles. The Bertz CT molecular complexity index is 1480. The second-order valence-corrected chi connectivity index (χ2v) is 17.0. The van der Waals surface area contributed by atoms with E-state index in [1.54, 1.807) is 0 Å². The zero-order valence-electron chi connectivity index (χ0n) is 42.9. The summed E-state index contributed by atoms with van der Waals surface area (Å²) < 4.78 is 16.7. The monoisotopic (exact) mass is 925 g/mol. The Hall–Kier alpha value is -4.45. The van der Waals surface area contributed by atoms with Crippen LogP contribution in [-0.2, 0) is 28.6 Å². The third-order valence-corrected chi connectivity index (χ3v) is 10.6. The zero-order valence-corrected chi connectivity index (χ0v) is 42.9. The van der Waals surface area contributed by atoms with Crippen molar-refractivity contribution in [3.05, 3.63) is 134 Å². The second-order valence-electron chi connectivity index (χ2n) is 17.0. The van der Waals surface area contributed by atoms with Crippen LogP contribution >= 0.6 is 0 Å². The van der Waals surface area contributed by atoms with Crippen molar-refractivity contribution in [2.24, 2.45) is 0 Å². The highest BCUT2D eigenvalue weighted by atomic mass is 16.6. The molecule has 0 bridgehead atoms. The average molecular weight is 925 g/mol. The number of rotatable bonds is 46. The molecule has 0 saturated carbocycles. The van der Waals surface area contributed by atoms with Crippen molar-refractivity contribution in [1.82, 2.24) is 0 Å². The van der Waals surface area contributed by atoms with Gasteiger partial charge < -0.3 is 14.2 Å². The van der Waals surface area contributed by atoms with Gasteiger partial charge in [0.2, 0.25) is 0 Å². The van der Waals surface area contributed by atoms with E-state index >= 15 is 0 Å². The Labute approximate surface area is 411 Å². The number of esters is 3. The van der Waals surface area contributed by atoms with Gasteiger partial charge in [-0.3, -0.25) is 14.4 Å². The Morgan fingerprint density at radius 1 is 0.313 bits per heavy atom. The van der Waals surface area contributed by atoms with Gasteiger partial charge in [0.25, 0.3) is 0 Å². The average Bonchev–Trinajstić information content (AvgIpc) is 3.33. The van der Waals surface area contributed by atoms with Crippen molar-refractivity contribution in [2.75, 3.05) is 13.2 Å². The number of carbonyl (C=O) groups excluding carboxylic acids is 3. The van der Waals surface area contributed by atoms with E-state index in [2.05, 4.69) is 142 Å². The van der Waals surface area contributed by atoms with Gasteiger partial charge in [0.15, 0.2) is 6.10 Å². The van der Waals surface area contributed by atoms with E-state index < -0.39 is 6.10 Å². The van der Waals surface area contributed by atoms with Gasteiger partial charge in [-0.05, 0) is 122 Å². The Morgan fingerprint density at radius 3 is 1.00 bits per heavy atom. The number of hydrogen-bond acceptors (Lipinski definition) is 6. The molecule has 6 nitrogen and oxygen atoms in total. The molecular formula is C61H96O6. The second kappa shape index (κ2) is 54.2. The Morgan fingerprint density at radius 2 is 0.612 bits per heavy atom. The molecule has 0 amide bonds. The largest absolute Gasteiger partial charge is 0.462 e. The summed E-state index contributed by atoms with van der Waals surface area (Å²) >= 11 is 0. The molecule has 0 rings (SSSR count). The van der Waals surface area contributed by atoms with Crippen LogP contribution in [0.4, 0.5) is 0 Å². The third-order valence-electron chi connectivity index (χ3n) is 10.6. The summed E-state index contributed by atoms with van der Waals surface area (Å²) in [7, 11) is 0. The summed E-state index contributed by atoms with van der Waals surface area (Å²) in [5.74, 6) is -1.05. The van der Waals surface area contributed by atoms with Crippen molar-refractivity contribution >= 4 is 17.9 Å². The number of allylic oxidation sites excluding steroid dienone is 22. The molecule has 0 heterocycles. The normalized spacial score (nSPS) is 13.2. The van der Waals surface area contributed by atoms with Crippen LogP contribution in [0.1, 0.15) is 213 Å². The quantitative estimate of drug-likeness (QED) is 0.0262. The molecule has 6 heteroatoms. The molecule has 0 N–H and O–H groups in total. The molecule has 0 aliphatic rings. The first-order valence-corrected chi connectivity index (χ1v) is 26.7. The molecule has 0 aliphatic heterocycles. The molecule has 0 spiro atoms. The fourth-order valence-corrected chi connectivity index (χ4v) is 6.69. The van der Waals surface area contributed by atoms with Crippen molar-refractivity contribution in [1.29, 1.82) is 0 Å². The molecule has 67 heavy (non-hydrogen) atoms. The minimum Gasteiger partial charge on any atom is -0.462 e. The zero-order chi connectivity index (χ0) is 48.6. The van der Waals surface area contributed by atoms with E-state index in [4.69, 9.17) is 14.2 Å². The highest BCUT2D eigenvalue weighted by Crippen LogP contribution is 2.12. The molecule has 0 fully saturated rings. The van der Waals surface area contributed by atoms with Crippen molar-refractivity contribution < 1.29 is 28.6 Å². The van der Waals surface area contributed by atoms with Gasteiger partial charge in [0.05, 0.1) is 0 Å². The molecule has 0 radical (unpaired) electrons. The van der Waals surface area contributed by atoms with Crippen LogP contribution in [0.2, 0.25) is 0 Å². The fourth-order valence-electron chi connectivity index (χ4n) is 6.69. The van der Waals surface area contributed by atoms with Gasteiger partial charge in [-0.1, -0.05) is 206 Å². The molecule has 0 aromatic carbocycles. The van der Waals surface area contributed by atoms with Gasteiger partial charge >= 0.3 is 17.9 Å². The van der Waals surface area contributed by atoms with Gasteiger partial charge in [-0.15, -0.1) is 0 Å². The topological polar surface area (TPSA) is 78.9 Å². The smallest absolute Gasteiger partial charge is 0.306 e. The predicted molar refractivity (Wildman–Crippen MR) is 288 cm³/mol. The number of carbonyl (C=O) groups is 3. The SMILES string of the molecule is CC/C=C\C/C=C\C/C=C\C/C=C\C/C=C\CCCCCCCC(=O)OCC(COC(=O)CC/C=C\C/C=C\C/C=C\C/C=C\CC)OC(=O)CCCCCCC/C=C\C/C=C\CCCCC. The summed E-state index contributed by atoms with van der Waals surface area (Å²) in [6.07, 6.45) is 75.9. The maximum atomic E-state index is 12.8. The van der Waals surface area contributed by atoms with Crippen LogP contribution in [-0.4, -0.2) is 37.2 Å². The maximum absolute atomic E-state index is 12.8. The summed E-state index contributed by atoms with van der Waals surface area (Å²) in [6.45, 7) is 6.27. The lowest BCUT2D eigenvalue weighted by atomic mass is 10.1. The summed E-state index contributed by atoms with van der Waals surface area (Å²) in [4.78, 5) is 38.0. The first-order chi connectivity index (χ1) is 33.0. The highest BCUT2D eigenvalue weighted by molar-refractivity contribution is 5.71. The van der Waals surface area contributed by atoms with Crippen molar-refractivity contribution in [2.45, 2.75) is 219 Å². The number of ether oxygens (including phenoxy) is 3. The van der Waals surface area contributed by atoms with Crippen LogP contribution < -0.4 is 0 Å². The molecule has 1 atom stereocenters. The number of unbranched alkanes of at least 4 members (excludes halogenated alkanes) is 13. The van der Waals surface area contributed by atoms with E-state index in [9.17, 15) is 14.4 Å². The maximum Gasteiger partial charge on any atom is 0.306 e. The molecule has 0 aromatic rings. The number of hydrogen-bond donors (Lipinski definition) is 0. The first kappa shape index (κ1) is 62.5. The van der Waals surface area contributed by atoms with Crippen molar-refractivity contribution in [3.63, 3.8) is 0 Å². The van der Waals surface area contributed by atoms with Crippen LogP contribution in [0.5, 0.6) is 0 Å². The first-order valence-electron chi connectivity index (χ1n) is 26.7. The third kappa shape index (κ3) is 52.4. The van der Waals surface area contributed by atoms with E-state index in [-0.39, 0.29) is 44.0 Å². The lowest BCUT2D eigenvalue weighted by Gasteiger charge is -2.18. The fraction of sp³-hybridized carbons (Fsp3) is 0.590. The summed E-state index contributed by atoms with van der Waals surface area (Å²) in [5.41, 5.74) is 0. The van der Waals surface area contributed by atoms with E-state index in [0.717, 1.165) is 141 Å². The summed E-state index contributed by atoms with van der Waals surface area (Å²) in [6, 6.07) is 0. The van der Waals surface area contributed by atoms with Crippen molar-refractivity contribution in [3.8, 4) is 0 Å². The van der Waals surface area contributed by atoms with E-state index in [1.165, 1.54) is 25.7 Å². The molecule has 0 saturated heterocycles. The highest BCUT2D eigenvalue weighted by Gasteiger charge is 2.19. The van der Waals surface area contributed by atoms with Crippen LogP contribution in [0.3, 0.4) is 0 Å². The van der Waals surface area contributed by atoms with Crippen LogP contribution in [0, 0.1) is 0 Å². The molecule has 0 aromatic heterocycles. The van der Waals surface area contributed by atoms with E-state index in [0.29, 0.717) is 12.8 Å². The van der Waals surface area contributed by atoms with Crippen LogP contribution in [0.25, 0.3) is 0 Å². The van der Waals surface area contributed by atoms with Gasteiger partial charge in [-0.25, -0.2) is 0 Å². The Balaban J connectivity index is 4.52. The van der Waals surface area contributed by atoms with Gasteiger partial charge in [0.1, 0.15) is 13.2 Å². The lowest BCUT2D eigenvalue weighted by Crippen LogP contribution is -2.30. The molecular weight excluding hydrogens is 829 g/mol. The van der Waals surface area contributed by atoms with Gasteiger partial charge in [-0.2, -0.15) is 0 Å². The molecule has 376 valence electrons. The minimum atomic E-state index is -0.827. The van der Waals surface area contributed by atoms with E-state index in [1.807, 2.05) is 12.2 Å². The Kier molecular flexibility index (Phi) is 50.6. The van der Waals surface area contributed by atoms with Crippen LogP contribution in [0.15, 0.2) is 134 Å². The van der Waals surface area contributed by atoms with Gasteiger partial charge in [0, 0.05) is 19.3 Å². The molecule has 1 unspecified atom stereocenters. The lowest BCUT2D eigenvalue weighted by molar-refractivity contribution is -0.166.